The summed E-state index contributed by atoms with van der Waals surface area (Å²) >= 11 is 9.53. The molecule has 1 aliphatic heterocycles. The van der Waals surface area contributed by atoms with Gasteiger partial charge in [0, 0.05) is 12.5 Å². The Balaban J connectivity index is 2.31. The molecule has 2 rings (SSSR count). The Morgan fingerprint density at radius 1 is 1.50 bits per heavy atom. The molecule has 1 aromatic heterocycles. The van der Waals surface area contributed by atoms with E-state index in [0.29, 0.717) is 17.7 Å². The Bertz CT molecular complexity index is 380. The van der Waals surface area contributed by atoms with Crippen LogP contribution in [0.4, 0.5) is 0 Å². The maximum atomic E-state index is 6.09. The number of hydrogen-bond acceptors (Lipinski definition) is 3. The van der Waals surface area contributed by atoms with Crippen molar-refractivity contribution in [2.45, 2.75) is 32.1 Å². The van der Waals surface area contributed by atoms with Crippen LogP contribution in [0.1, 0.15) is 37.2 Å². The first-order valence-corrected chi connectivity index (χ1v) is 6.69. The van der Waals surface area contributed by atoms with Gasteiger partial charge in [-0.05, 0) is 28.8 Å². The van der Waals surface area contributed by atoms with Crippen molar-refractivity contribution in [1.29, 1.82) is 0 Å². The van der Waals surface area contributed by atoms with Crippen LogP contribution in [0.2, 0.25) is 5.15 Å². The third-order valence-electron chi connectivity index (χ3n) is 2.68. The fourth-order valence-electron chi connectivity index (χ4n) is 1.80. The van der Waals surface area contributed by atoms with E-state index >= 15 is 0 Å². The van der Waals surface area contributed by atoms with E-state index in [1.807, 2.05) is 0 Å². The standard InChI is InChI=1S/C11H14BrClN2O/c1-2-3-8-9(12)10(13)15-11(14-8)7-4-5-16-6-7/h7H,2-6H2,1H3. The van der Waals surface area contributed by atoms with Crippen LogP contribution in [-0.2, 0) is 11.2 Å². The minimum absolute atomic E-state index is 0.307. The number of hydrogen-bond donors (Lipinski definition) is 0. The molecule has 5 heteroatoms. The van der Waals surface area contributed by atoms with Gasteiger partial charge in [-0.1, -0.05) is 24.9 Å². The van der Waals surface area contributed by atoms with Crippen LogP contribution in [0, 0.1) is 0 Å². The molecule has 1 saturated heterocycles. The molecule has 3 nitrogen and oxygen atoms in total. The molecule has 1 aromatic rings. The van der Waals surface area contributed by atoms with Gasteiger partial charge >= 0.3 is 0 Å². The lowest BCUT2D eigenvalue weighted by atomic mass is 10.1. The molecule has 1 unspecified atom stereocenters. The summed E-state index contributed by atoms with van der Waals surface area (Å²) in [6, 6.07) is 0. The lowest BCUT2D eigenvalue weighted by Gasteiger charge is -2.10. The van der Waals surface area contributed by atoms with E-state index in [9.17, 15) is 0 Å². The van der Waals surface area contributed by atoms with Crippen LogP contribution in [0.15, 0.2) is 4.47 Å². The van der Waals surface area contributed by atoms with Crippen molar-refractivity contribution in [3.63, 3.8) is 0 Å². The average Bonchev–Trinajstić information content (AvgIpc) is 2.78. The topological polar surface area (TPSA) is 35.0 Å². The highest BCUT2D eigenvalue weighted by atomic mass is 79.9. The second-order valence-electron chi connectivity index (χ2n) is 3.94. The quantitative estimate of drug-likeness (QED) is 0.803. The Morgan fingerprint density at radius 3 is 2.94 bits per heavy atom. The van der Waals surface area contributed by atoms with E-state index in [4.69, 9.17) is 16.3 Å². The summed E-state index contributed by atoms with van der Waals surface area (Å²) in [6.45, 7) is 3.63. The normalized spacial score (nSPS) is 20.3. The van der Waals surface area contributed by atoms with Gasteiger partial charge in [0.05, 0.1) is 16.8 Å². The lowest BCUT2D eigenvalue weighted by molar-refractivity contribution is 0.193. The van der Waals surface area contributed by atoms with Gasteiger partial charge in [-0.15, -0.1) is 0 Å². The molecule has 1 fully saturated rings. The van der Waals surface area contributed by atoms with Crippen LogP contribution >= 0.6 is 27.5 Å². The van der Waals surface area contributed by atoms with Crippen molar-refractivity contribution in [3.05, 3.63) is 21.1 Å². The first-order chi connectivity index (χ1) is 7.72. The molecule has 0 saturated carbocycles. The molecule has 0 amide bonds. The Labute approximate surface area is 109 Å². The molecule has 0 aromatic carbocycles. The maximum Gasteiger partial charge on any atom is 0.147 e. The van der Waals surface area contributed by atoms with E-state index in [1.54, 1.807) is 0 Å². The van der Waals surface area contributed by atoms with Gasteiger partial charge in [0.2, 0.25) is 0 Å². The zero-order valence-corrected chi connectivity index (χ0v) is 11.5. The monoisotopic (exact) mass is 304 g/mol. The average molecular weight is 306 g/mol. The lowest BCUT2D eigenvalue weighted by Crippen LogP contribution is -2.07. The van der Waals surface area contributed by atoms with Gasteiger partial charge < -0.3 is 4.74 Å². The fourth-order valence-corrected chi connectivity index (χ4v) is 2.38. The summed E-state index contributed by atoms with van der Waals surface area (Å²) in [7, 11) is 0. The van der Waals surface area contributed by atoms with Gasteiger partial charge in [0.25, 0.3) is 0 Å². The molecule has 2 heterocycles. The third kappa shape index (κ3) is 2.55. The molecule has 0 spiro atoms. The highest BCUT2D eigenvalue weighted by molar-refractivity contribution is 9.10. The first-order valence-electron chi connectivity index (χ1n) is 5.52. The predicted octanol–water partition coefficient (Wildman–Crippen LogP) is 3.35. The summed E-state index contributed by atoms with van der Waals surface area (Å²) in [6.07, 6.45) is 2.96. The van der Waals surface area contributed by atoms with Crippen LogP contribution < -0.4 is 0 Å². The Morgan fingerprint density at radius 2 is 2.31 bits per heavy atom. The summed E-state index contributed by atoms with van der Waals surface area (Å²) in [5, 5.41) is 0.514. The Hall–Kier alpha value is -0.190. The molecule has 0 bridgehead atoms. The number of halogens is 2. The number of rotatable bonds is 3. The molecule has 88 valence electrons. The van der Waals surface area contributed by atoms with E-state index in [1.165, 1.54) is 0 Å². The summed E-state index contributed by atoms with van der Waals surface area (Å²) in [4.78, 5) is 8.91. The zero-order valence-electron chi connectivity index (χ0n) is 9.17. The van der Waals surface area contributed by atoms with Crippen molar-refractivity contribution in [3.8, 4) is 0 Å². The van der Waals surface area contributed by atoms with E-state index < -0.39 is 0 Å². The predicted molar refractivity (Wildman–Crippen MR) is 66.9 cm³/mol. The Kier molecular flexibility index (Phi) is 4.16. The molecule has 0 N–H and O–H groups in total. The van der Waals surface area contributed by atoms with Gasteiger partial charge in [-0.3, -0.25) is 0 Å². The number of nitrogens with zero attached hydrogens (tertiary/aromatic N) is 2. The first kappa shape index (κ1) is 12.3. The highest BCUT2D eigenvalue weighted by Crippen LogP contribution is 2.29. The molecular formula is C11H14BrClN2O. The molecule has 0 aliphatic carbocycles. The number of aryl methyl sites for hydroxylation is 1. The van der Waals surface area contributed by atoms with Crippen LogP contribution in [0.25, 0.3) is 0 Å². The van der Waals surface area contributed by atoms with E-state index in [2.05, 4.69) is 32.8 Å². The number of ether oxygens (including phenoxy) is 1. The largest absolute Gasteiger partial charge is 0.381 e. The minimum Gasteiger partial charge on any atom is -0.381 e. The SMILES string of the molecule is CCCc1nc(C2CCOC2)nc(Cl)c1Br. The summed E-state index contributed by atoms with van der Waals surface area (Å²) in [5.41, 5.74) is 1.00. The minimum atomic E-state index is 0.307. The van der Waals surface area contributed by atoms with Crippen LogP contribution in [0.3, 0.4) is 0 Å². The van der Waals surface area contributed by atoms with Crippen LogP contribution in [-0.4, -0.2) is 23.2 Å². The van der Waals surface area contributed by atoms with Crippen molar-refractivity contribution in [1.82, 2.24) is 9.97 Å². The highest BCUT2D eigenvalue weighted by Gasteiger charge is 2.22. The van der Waals surface area contributed by atoms with Gasteiger partial charge in [-0.2, -0.15) is 0 Å². The van der Waals surface area contributed by atoms with Crippen molar-refractivity contribution in [2.24, 2.45) is 0 Å². The van der Waals surface area contributed by atoms with Crippen molar-refractivity contribution < 1.29 is 4.74 Å². The van der Waals surface area contributed by atoms with E-state index in [-0.39, 0.29) is 0 Å². The summed E-state index contributed by atoms with van der Waals surface area (Å²) < 4.78 is 6.18. The van der Waals surface area contributed by atoms with Gasteiger partial charge in [0.15, 0.2) is 0 Å². The molecule has 1 aliphatic rings. The van der Waals surface area contributed by atoms with E-state index in [0.717, 1.165) is 41.9 Å². The van der Waals surface area contributed by atoms with Crippen LogP contribution in [0.5, 0.6) is 0 Å². The molecule has 0 radical (unpaired) electrons. The summed E-state index contributed by atoms with van der Waals surface area (Å²) in [5.74, 6) is 1.13. The smallest absolute Gasteiger partial charge is 0.147 e. The molecular weight excluding hydrogens is 291 g/mol. The maximum absolute atomic E-state index is 6.09. The van der Waals surface area contributed by atoms with Crippen molar-refractivity contribution in [2.75, 3.05) is 13.2 Å². The third-order valence-corrected chi connectivity index (χ3v) is 4.01. The second-order valence-corrected chi connectivity index (χ2v) is 5.09. The second kappa shape index (κ2) is 5.43. The van der Waals surface area contributed by atoms with Gasteiger partial charge in [0.1, 0.15) is 11.0 Å². The zero-order chi connectivity index (χ0) is 11.5. The number of aromatic nitrogens is 2. The molecule has 16 heavy (non-hydrogen) atoms. The molecule has 1 atom stereocenters. The van der Waals surface area contributed by atoms with Crippen molar-refractivity contribution >= 4 is 27.5 Å². The fraction of sp³-hybridized carbons (Fsp3) is 0.636. The van der Waals surface area contributed by atoms with Gasteiger partial charge in [-0.25, -0.2) is 9.97 Å².